The number of carbonyl (C=O) groups excluding carboxylic acids is 2. The number of rotatable bonds is 13. The van der Waals surface area contributed by atoms with Gasteiger partial charge in [-0.3, -0.25) is 29.5 Å². The number of hydrogen-bond donors (Lipinski definition) is 4. The van der Waals surface area contributed by atoms with E-state index in [1.807, 2.05) is 50.5 Å². The van der Waals surface area contributed by atoms with Crippen LogP contribution in [-0.2, 0) is 16.0 Å². The minimum atomic E-state index is -0.945. The van der Waals surface area contributed by atoms with Crippen LogP contribution < -0.4 is 26.7 Å². The molecular formula is C34H44ClN7O4. The number of pyridine rings is 1. The van der Waals surface area contributed by atoms with Gasteiger partial charge in [-0.1, -0.05) is 24.3 Å². The lowest BCUT2D eigenvalue weighted by Crippen LogP contribution is -2.52. The van der Waals surface area contributed by atoms with Crippen LogP contribution in [0.4, 0.5) is 5.69 Å². The second-order valence-electron chi connectivity index (χ2n) is 12.2. The Labute approximate surface area is 275 Å². The van der Waals surface area contributed by atoms with Crippen LogP contribution >= 0.6 is 12.4 Å². The number of halogens is 1. The third-order valence-corrected chi connectivity index (χ3v) is 8.67. The first-order chi connectivity index (χ1) is 21.7. The highest BCUT2D eigenvalue weighted by Gasteiger charge is 2.36. The van der Waals surface area contributed by atoms with E-state index in [9.17, 15) is 14.4 Å². The van der Waals surface area contributed by atoms with E-state index in [1.54, 1.807) is 24.4 Å². The Morgan fingerprint density at radius 3 is 2.48 bits per heavy atom. The first kappa shape index (κ1) is 34.7. The van der Waals surface area contributed by atoms with E-state index >= 15 is 0 Å². The quantitative estimate of drug-likeness (QED) is 0.160. The van der Waals surface area contributed by atoms with Crippen molar-refractivity contribution >= 4 is 40.8 Å². The molecule has 1 saturated carbocycles. The van der Waals surface area contributed by atoms with Gasteiger partial charge in [0.2, 0.25) is 17.7 Å². The molecule has 6 N–H and O–H groups in total. The number of anilines is 1. The molecule has 246 valence electrons. The van der Waals surface area contributed by atoms with Crippen LogP contribution in [0.5, 0.6) is 5.88 Å². The number of primary amides is 1. The predicted octanol–water partition coefficient (Wildman–Crippen LogP) is 3.87. The number of carbonyl (C=O) groups is 2. The Hall–Kier alpha value is -4.19. The molecule has 2 aromatic carbocycles. The lowest BCUT2D eigenvalue weighted by molar-refractivity contribution is -0.127. The number of aromatic nitrogens is 3. The minimum Gasteiger partial charge on any atom is -0.478 e. The summed E-state index contributed by atoms with van der Waals surface area (Å²) in [7, 11) is 4.06. The van der Waals surface area contributed by atoms with Crippen molar-refractivity contribution in [3.63, 3.8) is 0 Å². The van der Waals surface area contributed by atoms with Gasteiger partial charge in [0.1, 0.15) is 6.04 Å². The number of nitrogens with one attached hydrogen (secondary N) is 2. The standard InChI is InChI=1S/C34H43N7O4.ClH/c1-40(2)15-4-16-45-31-14-11-26(21-37-31)25-6-3-5-23(17-25)18-30(32(36)42)41(34(44)24-9-7-22(20-35)8-10-24)27-12-13-28-29(19-27)38-39-33(28)43;/h3,5-6,11-14,17,19,21-22,24,30H,4,7-10,15-16,18,20,35H2,1-2H3,(H2,36,42)(H2,38,39,43);1H/t22-,24-,30-;/m0./s1. The summed E-state index contributed by atoms with van der Waals surface area (Å²) in [6.45, 7) is 2.13. The minimum absolute atomic E-state index is 0. The van der Waals surface area contributed by atoms with Gasteiger partial charge in [0.05, 0.1) is 17.5 Å². The van der Waals surface area contributed by atoms with Crippen LogP contribution in [-0.4, -0.2) is 71.7 Å². The van der Waals surface area contributed by atoms with Crippen molar-refractivity contribution in [2.75, 3.05) is 38.7 Å². The maximum absolute atomic E-state index is 14.2. The van der Waals surface area contributed by atoms with Crippen molar-refractivity contribution in [3.8, 4) is 17.0 Å². The number of amides is 2. The van der Waals surface area contributed by atoms with Crippen molar-refractivity contribution in [1.29, 1.82) is 0 Å². The monoisotopic (exact) mass is 649 g/mol. The van der Waals surface area contributed by atoms with E-state index in [0.29, 0.717) is 54.4 Å². The zero-order valence-corrected chi connectivity index (χ0v) is 27.2. The molecule has 0 spiro atoms. The van der Waals surface area contributed by atoms with Crippen LogP contribution in [0.1, 0.15) is 37.7 Å². The van der Waals surface area contributed by atoms with Crippen LogP contribution in [0.2, 0.25) is 0 Å². The molecule has 1 fully saturated rings. The second kappa shape index (κ2) is 15.9. The molecule has 0 radical (unpaired) electrons. The maximum atomic E-state index is 14.2. The molecule has 46 heavy (non-hydrogen) atoms. The van der Waals surface area contributed by atoms with Gasteiger partial charge in [0, 0.05) is 42.4 Å². The lowest BCUT2D eigenvalue weighted by Gasteiger charge is -2.35. The summed E-state index contributed by atoms with van der Waals surface area (Å²) in [5.74, 6) is -0.0383. The van der Waals surface area contributed by atoms with Crippen LogP contribution in [0.25, 0.3) is 22.0 Å². The van der Waals surface area contributed by atoms with Crippen molar-refractivity contribution in [3.05, 3.63) is 76.7 Å². The molecule has 1 aliphatic carbocycles. The number of nitrogens with two attached hydrogens (primary N) is 2. The molecule has 1 aliphatic rings. The summed E-state index contributed by atoms with van der Waals surface area (Å²) >= 11 is 0. The number of benzene rings is 2. The third-order valence-electron chi connectivity index (χ3n) is 8.67. The van der Waals surface area contributed by atoms with Gasteiger partial charge in [-0.25, -0.2) is 4.98 Å². The first-order valence-corrected chi connectivity index (χ1v) is 15.6. The average Bonchev–Trinajstić information content (AvgIpc) is 3.42. The molecule has 1 atom stereocenters. The Morgan fingerprint density at radius 2 is 1.80 bits per heavy atom. The lowest BCUT2D eigenvalue weighted by atomic mass is 9.81. The second-order valence-corrected chi connectivity index (χ2v) is 12.2. The van der Waals surface area contributed by atoms with Gasteiger partial charge in [-0.15, -0.1) is 12.4 Å². The summed E-state index contributed by atoms with van der Waals surface area (Å²) < 4.78 is 5.78. The van der Waals surface area contributed by atoms with Crippen molar-refractivity contribution in [1.82, 2.24) is 20.1 Å². The molecule has 5 rings (SSSR count). The van der Waals surface area contributed by atoms with Crippen LogP contribution in [0.15, 0.2) is 65.6 Å². The smallest absolute Gasteiger partial charge is 0.271 e. The van der Waals surface area contributed by atoms with Gasteiger partial charge >= 0.3 is 0 Å². The van der Waals surface area contributed by atoms with E-state index in [4.69, 9.17) is 16.2 Å². The molecule has 2 heterocycles. The van der Waals surface area contributed by atoms with E-state index < -0.39 is 11.9 Å². The molecule has 2 aromatic heterocycles. The fourth-order valence-electron chi connectivity index (χ4n) is 6.09. The topological polar surface area (TPSA) is 163 Å². The molecule has 0 aliphatic heterocycles. The predicted molar refractivity (Wildman–Crippen MR) is 183 cm³/mol. The normalized spacial score (nSPS) is 17.0. The zero-order chi connectivity index (χ0) is 31.9. The summed E-state index contributed by atoms with van der Waals surface area (Å²) in [6.07, 6.45) is 6.02. The number of fused-ring (bicyclic) bond motifs is 1. The highest BCUT2D eigenvalue weighted by Crippen LogP contribution is 2.33. The Balaban J connectivity index is 0.00000480. The molecule has 0 bridgehead atoms. The van der Waals surface area contributed by atoms with Crippen LogP contribution in [0, 0.1) is 11.8 Å². The molecule has 4 aromatic rings. The summed E-state index contributed by atoms with van der Waals surface area (Å²) in [6, 6.07) is 15.8. The van der Waals surface area contributed by atoms with Gasteiger partial charge in [0.25, 0.3) is 5.56 Å². The summed E-state index contributed by atoms with van der Waals surface area (Å²) in [4.78, 5) is 47.6. The number of H-pyrrole nitrogens is 2. The fourth-order valence-corrected chi connectivity index (χ4v) is 6.09. The Bertz CT molecular complexity index is 1660. The van der Waals surface area contributed by atoms with E-state index in [0.717, 1.165) is 42.5 Å². The maximum Gasteiger partial charge on any atom is 0.271 e. The molecule has 12 heteroatoms. The van der Waals surface area contributed by atoms with Gasteiger partial charge in [-0.2, -0.15) is 0 Å². The zero-order valence-electron chi connectivity index (χ0n) is 26.4. The number of nitrogens with zero attached hydrogens (tertiary/aromatic N) is 3. The summed E-state index contributed by atoms with van der Waals surface area (Å²) in [5.41, 5.74) is 15.4. The van der Waals surface area contributed by atoms with E-state index in [-0.39, 0.29) is 36.2 Å². The van der Waals surface area contributed by atoms with Crippen molar-refractivity contribution < 1.29 is 14.3 Å². The molecule has 11 nitrogen and oxygen atoms in total. The number of hydrogen-bond acceptors (Lipinski definition) is 7. The largest absolute Gasteiger partial charge is 0.478 e. The number of aromatic amines is 2. The average molecular weight is 650 g/mol. The third kappa shape index (κ3) is 8.34. The Kier molecular flexibility index (Phi) is 12.0. The molecule has 0 unspecified atom stereocenters. The van der Waals surface area contributed by atoms with Gasteiger partial charge in [-0.05, 0) is 94.1 Å². The fraction of sp³-hybridized carbons (Fsp3) is 0.412. The van der Waals surface area contributed by atoms with E-state index in [2.05, 4.69) is 20.1 Å². The van der Waals surface area contributed by atoms with Gasteiger partial charge < -0.3 is 21.1 Å². The molecular weight excluding hydrogens is 606 g/mol. The Morgan fingerprint density at radius 1 is 1.02 bits per heavy atom. The number of ether oxygens (including phenoxy) is 1. The molecule has 2 amide bonds. The van der Waals surface area contributed by atoms with Crippen LogP contribution in [0.3, 0.4) is 0 Å². The SMILES string of the molecule is CN(C)CCCOc1ccc(-c2cccc(C[C@@H](C(N)=O)N(c3ccc4c(=O)[nH][nH]c4c3)C(=O)[C@H]3CC[C@H](CN)CC3)c2)cn1.Cl. The van der Waals surface area contributed by atoms with E-state index in [1.165, 1.54) is 4.90 Å². The van der Waals surface area contributed by atoms with Gasteiger partial charge in [0.15, 0.2) is 0 Å². The summed E-state index contributed by atoms with van der Waals surface area (Å²) in [5, 5.41) is 5.91. The highest BCUT2D eigenvalue weighted by atomic mass is 35.5. The first-order valence-electron chi connectivity index (χ1n) is 15.6. The molecule has 0 saturated heterocycles. The van der Waals surface area contributed by atoms with Crippen molar-refractivity contribution in [2.45, 2.75) is 44.6 Å². The highest BCUT2D eigenvalue weighted by molar-refractivity contribution is 6.03. The van der Waals surface area contributed by atoms with Crippen molar-refractivity contribution in [2.24, 2.45) is 23.3 Å².